The van der Waals surface area contributed by atoms with Crippen molar-refractivity contribution in [1.29, 1.82) is 0 Å². The lowest BCUT2D eigenvalue weighted by Crippen LogP contribution is -2.44. The number of benzene rings is 1. The average Bonchev–Trinajstić information content (AvgIpc) is 3.35. The van der Waals surface area contributed by atoms with E-state index < -0.39 is 0 Å². The minimum atomic E-state index is 0. The largest absolute Gasteiger partial charge is 0.494 e. The van der Waals surface area contributed by atoms with Gasteiger partial charge in [0, 0.05) is 25.2 Å². The first-order chi connectivity index (χ1) is 14.6. The van der Waals surface area contributed by atoms with E-state index in [1.54, 1.807) is 0 Å². The number of para-hydroxylation sites is 1. The van der Waals surface area contributed by atoms with Crippen molar-refractivity contribution in [3.63, 3.8) is 0 Å². The Kier molecular flexibility index (Phi) is 10.5. The molecule has 8 nitrogen and oxygen atoms in total. The Morgan fingerprint density at radius 3 is 2.74 bits per heavy atom. The predicted molar refractivity (Wildman–Crippen MR) is 135 cm³/mol. The number of halogens is 1. The number of aromatic nitrogens is 3. The van der Waals surface area contributed by atoms with Gasteiger partial charge in [-0.1, -0.05) is 25.1 Å². The number of nitrogens with zero attached hydrogens (tertiary/aromatic N) is 5. The van der Waals surface area contributed by atoms with Crippen LogP contribution in [0.5, 0.6) is 5.75 Å². The Bertz CT molecular complexity index is 839. The Morgan fingerprint density at radius 1 is 1.23 bits per heavy atom. The van der Waals surface area contributed by atoms with Gasteiger partial charge in [-0.05, 0) is 45.8 Å². The molecule has 172 valence electrons. The molecule has 2 N–H and O–H groups in total. The van der Waals surface area contributed by atoms with Crippen molar-refractivity contribution >= 4 is 29.9 Å². The third-order valence-electron chi connectivity index (χ3n) is 5.69. The van der Waals surface area contributed by atoms with Crippen LogP contribution in [-0.4, -0.2) is 57.9 Å². The topological polar surface area (TPSA) is 79.6 Å². The monoisotopic (exact) mass is 541 g/mol. The third kappa shape index (κ3) is 7.06. The number of ether oxygens (including phenoxy) is 1. The van der Waals surface area contributed by atoms with Crippen LogP contribution in [0.15, 0.2) is 29.3 Å². The number of likely N-dealkylation sites (N-methyl/N-ethyl adjacent to an activating group) is 1. The molecule has 1 aliphatic heterocycles. The zero-order valence-electron chi connectivity index (χ0n) is 19.1. The summed E-state index contributed by atoms with van der Waals surface area (Å²) in [6.07, 6.45) is 2.49. The SMILES string of the molecule is CCOc1ccccc1CN=C(NCc1nnc(C)n1C)NCC1CCCN1CC.I. The molecule has 2 heterocycles. The smallest absolute Gasteiger partial charge is 0.192 e. The lowest BCUT2D eigenvalue weighted by molar-refractivity contribution is 0.267. The highest BCUT2D eigenvalue weighted by molar-refractivity contribution is 14.0. The van der Waals surface area contributed by atoms with E-state index in [4.69, 9.17) is 9.73 Å². The maximum atomic E-state index is 5.75. The average molecular weight is 541 g/mol. The van der Waals surface area contributed by atoms with Gasteiger partial charge in [0.25, 0.3) is 0 Å². The highest BCUT2D eigenvalue weighted by Gasteiger charge is 2.22. The van der Waals surface area contributed by atoms with E-state index in [2.05, 4.69) is 38.7 Å². The van der Waals surface area contributed by atoms with E-state index in [9.17, 15) is 0 Å². The number of hydrogen-bond donors (Lipinski definition) is 2. The number of rotatable bonds is 9. The van der Waals surface area contributed by atoms with Crippen LogP contribution in [0.1, 0.15) is 43.9 Å². The van der Waals surface area contributed by atoms with Crippen molar-refractivity contribution in [2.24, 2.45) is 12.0 Å². The molecule has 1 saturated heterocycles. The number of likely N-dealkylation sites (tertiary alicyclic amines) is 1. The van der Waals surface area contributed by atoms with E-state index in [1.807, 2.05) is 43.7 Å². The summed E-state index contributed by atoms with van der Waals surface area (Å²) in [5.41, 5.74) is 1.08. The third-order valence-corrected chi connectivity index (χ3v) is 5.69. The van der Waals surface area contributed by atoms with Crippen LogP contribution in [0.4, 0.5) is 0 Å². The van der Waals surface area contributed by atoms with Crippen LogP contribution >= 0.6 is 24.0 Å². The lowest BCUT2D eigenvalue weighted by atomic mass is 10.2. The molecule has 0 amide bonds. The van der Waals surface area contributed by atoms with Crippen molar-refractivity contribution in [2.75, 3.05) is 26.2 Å². The molecule has 1 aromatic heterocycles. The molecule has 3 rings (SSSR count). The van der Waals surface area contributed by atoms with Gasteiger partial charge in [-0.3, -0.25) is 4.90 Å². The number of guanidine groups is 1. The first kappa shape index (κ1) is 25.4. The van der Waals surface area contributed by atoms with Crippen LogP contribution in [0.25, 0.3) is 0 Å². The molecule has 31 heavy (non-hydrogen) atoms. The maximum Gasteiger partial charge on any atom is 0.192 e. The molecule has 9 heteroatoms. The Hall–Kier alpha value is -1.88. The number of hydrogen-bond acceptors (Lipinski definition) is 5. The van der Waals surface area contributed by atoms with Gasteiger partial charge in [0.2, 0.25) is 0 Å². The first-order valence-corrected chi connectivity index (χ1v) is 10.9. The molecular formula is C22H36IN7O. The van der Waals surface area contributed by atoms with Gasteiger partial charge in [0.1, 0.15) is 11.6 Å². The number of nitrogens with one attached hydrogen (secondary N) is 2. The highest BCUT2D eigenvalue weighted by atomic mass is 127. The second kappa shape index (κ2) is 12.8. The Labute approximate surface area is 202 Å². The quantitative estimate of drug-likeness (QED) is 0.289. The summed E-state index contributed by atoms with van der Waals surface area (Å²) in [5, 5.41) is 15.4. The van der Waals surface area contributed by atoms with Gasteiger partial charge in [-0.25, -0.2) is 4.99 Å². The molecule has 1 unspecified atom stereocenters. The molecule has 1 atom stereocenters. The molecule has 0 aliphatic carbocycles. The van der Waals surface area contributed by atoms with Crippen molar-refractivity contribution < 1.29 is 4.74 Å². The van der Waals surface area contributed by atoms with Gasteiger partial charge in [-0.2, -0.15) is 0 Å². The van der Waals surface area contributed by atoms with Gasteiger partial charge in [0.05, 0.1) is 19.7 Å². The fourth-order valence-electron chi connectivity index (χ4n) is 3.79. The summed E-state index contributed by atoms with van der Waals surface area (Å²) in [6.45, 7) is 11.1. The Balaban J connectivity index is 0.00000341. The van der Waals surface area contributed by atoms with Crippen LogP contribution in [-0.2, 0) is 20.1 Å². The van der Waals surface area contributed by atoms with Crippen LogP contribution in [0.3, 0.4) is 0 Å². The van der Waals surface area contributed by atoms with E-state index >= 15 is 0 Å². The van der Waals surface area contributed by atoms with Crippen molar-refractivity contribution in [3.8, 4) is 5.75 Å². The molecular weight excluding hydrogens is 505 g/mol. The second-order valence-corrected chi connectivity index (χ2v) is 7.59. The second-order valence-electron chi connectivity index (χ2n) is 7.59. The molecule has 0 radical (unpaired) electrons. The molecule has 0 saturated carbocycles. The molecule has 1 aromatic carbocycles. The lowest BCUT2D eigenvalue weighted by Gasteiger charge is -2.24. The van der Waals surface area contributed by atoms with Gasteiger partial charge in [0.15, 0.2) is 11.8 Å². The van der Waals surface area contributed by atoms with E-state index in [0.29, 0.717) is 25.7 Å². The van der Waals surface area contributed by atoms with Crippen molar-refractivity contribution in [3.05, 3.63) is 41.5 Å². The summed E-state index contributed by atoms with van der Waals surface area (Å²) in [4.78, 5) is 7.37. The molecule has 0 bridgehead atoms. The fraction of sp³-hybridized carbons (Fsp3) is 0.591. The summed E-state index contributed by atoms with van der Waals surface area (Å²) in [7, 11) is 1.98. The minimum Gasteiger partial charge on any atom is -0.494 e. The van der Waals surface area contributed by atoms with Gasteiger partial charge >= 0.3 is 0 Å². The zero-order chi connectivity index (χ0) is 21.3. The van der Waals surface area contributed by atoms with E-state index in [-0.39, 0.29) is 24.0 Å². The molecule has 1 aliphatic rings. The number of aliphatic imine (C=N–C) groups is 1. The molecule has 0 spiro atoms. The summed E-state index contributed by atoms with van der Waals surface area (Å²) >= 11 is 0. The van der Waals surface area contributed by atoms with Crippen LogP contribution in [0, 0.1) is 6.92 Å². The summed E-state index contributed by atoms with van der Waals surface area (Å²) < 4.78 is 7.74. The molecule has 2 aromatic rings. The Morgan fingerprint density at radius 2 is 2.03 bits per heavy atom. The first-order valence-electron chi connectivity index (χ1n) is 10.9. The maximum absolute atomic E-state index is 5.75. The summed E-state index contributed by atoms with van der Waals surface area (Å²) in [6, 6.07) is 8.62. The van der Waals surface area contributed by atoms with Gasteiger partial charge < -0.3 is 19.9 Å². The summed E-state index contributed by atoms with van der Waals surface area (Å²) in [5.74, 6) is 3.45. The predicted octanol–water partition coefficient (Wildman–Crippen LogP) is 2.86. The van der Waals surface area contributed by atoms with E-state index in [1.165, 1.54) is 19.4 Å². The minimum absolute atomic E-state index is 0. The van der Waals surface area contributed by atoms with Gasteiger partial charge in [-0.15, -0.1) is 34.2 Å². The van der Waals surface area contributed by atoms with E-state index in [0.717, 1.165) is 42.0 Å². The normalized spacial score (nSPS) is 16.8. The van der Waals surface area contributed by atoms with Crippen LogP contribution in [0.2, 0.25) is 0 Å². The fourth-order valence-corrected chi connectivity index (χ4v) is 3.79. The van der Waals surface area contributed by atoms with Crippen molar-refractivity contribution in [1.82, 2.24) is 30.3 Å². The standard InChI is InChI=1S/C22H35N7O.HI/c1-5-29-13-9-11-19(29)15-24-22(25-16-21-27-26-17(3)28(21)4)23-14-18-10-7-8-12-20(18)30-6-2;/h7-8,10,12,19H,5-6,9,11,13-16H2,1-4H3,(H2,23,24,25);1H. The zero-order valence-corrected chi connectivity index (χ0v) is 21.4. The highest BCUT2D eigenvalue weighted by Crippen LogP contribution is 2.19. The van der Waals surface area contributed by atoms with Crippen molar-refractivity contribution in [2.45, 2.75) is 52.7 Å². The van der Waals surface area contributed by atoms with Crippen LogP contribution < -0.4 is 15.4 Å². The number of aryl methyl sites for hydroxylation is 1. The molecule has 1 fully saturated rings.